The zero-order chi connectivity index (χ0) is 19.4. The molecule has 0 atom stereocenters. The van der Waals surface area contributed by atoms with E-state index in [4.69, 9.17) is 5.26 Å². The Labute approximate surface area is 161 Å². The molecular formula is C21H26N3O2S+. The van der Waals surface area contributed by atoms with Crippen LogP contribution in [0.4, 0.5) is 0 Å². The molecule has 0 aromatic heterocycles. The van der Waals surface area contributed by atoms with E-state index in [1.165, 1.54) is 28.2 Å². The van der Waals surface area contributed by atoms with Crippen molar-refractivity contribution in [2.24, 2.45) is 0 Å². The van der Waals surface area contributed by atoms with E-state index >= 15 is 0 Å². The molecule has 1 fully saturated rings. The van der Waals surface area contributed by atoms with Gasteiger partial charge in [-0.1, -0.05) is 38.1 Å². The molecule has 1 aliphatic rings. The lowest BCUT2D eigenvalue weighted by Gasteiger charge is -2.31. The molecule has 6 heteroatoms. The van der Waals surface area contributed by atoms with Crippen molar-refractivity contribution in [2.75, 3.05) is 26.2 Å². The van der Waals surface area contributed by atoms with Gasteiger partial charge in [0.25, 0.3) is 0 Å². The Balaban J connectivity index is 1.60. The van der Waals surface area contributed by atoms with E-state index in [9.17, 15) is 8.42 Å². The smallest absolute Gasteiger partial charge is 0.243 e. The Bertz CT molecular complexity index is 905. The number of rotatable bonds is 5. The molecule has 0 radical (unpaired) electrons. The molecule has 0 unspecified atom stereocenters. The summed E-state index contributed by atoms with van der Waals surface area (Å²) in [5.74, 6) is 0.530. The summed E-state index contributed by atoms with van der Waals surface area (Å²) in [6.45, 7) is 7.91. The van der Waals surface area contributed by atoms with E-state index < -0.39 is 10.0 Å². The van der Waals surface area contributed by atoms with Crippen molar-refractivity contribution in [3.05, 3.63) is 65.2 Å². The third-order valence-electron chi connectivity index (χ3n) is 5.15. The summed E-state index contributed by atoms with van der Waals surface area (Å²) in [5.41, 5.74) is 3.09. The maximum Gasteiger partial charge on any atom is 0.243 e. The van der Waals surface area contributed by atoms with Gasteiger partial charge in [0.2, 0.25) is 10.0 Å². The van der Waals surface area contributed by atoms with Crippen LogP contribution >= 0.6 is 0 Å². The molecule has 0 aliphatic carbocycles. The minimum absolute atomic E-state index is 0.259. The third-order valence-corrected chi connectivity index (χ3v) is 7.06. The molecule has 27 heavy (non-hydrogen) atoms. The summed E-state index contributed by atoms with van der Waals surface area (Å²) in [6.07, 6.45) is 0. The molecule has 0 spiro atoms. The van der Waals surface area contributed by atoms with Crippen molar-refractivity contribution in [3.8, 4) is 6.07 Å². The SMILES string of the molecule is CC(C)c1ccc(C[NH+]2CCN(S(=O)(=O)c3ccc(C#N)cc3)CC2)cc1. The summed E-state index contributed by atoms with van der Waals surface area (Å²) >= 11 is 0. The molecule has 2 aromatic carbocycles. The van der Waals surface area contributed by atoms with E-state index in [0.717, 1.165) is 19.6 Å². The summed E-state index contributed by atoms with van der Waals surface area (Å²) in [6, 6.07) is 16.9. The van der Waals surface area contributed by atoms with Crippen molar-refractivity contribution in [2.45, 2.75) is 31.2 Å². The molecule has 5 nitrogen and oxygen atoms in total. The second kappa shape index (κ2) is 8.22. The summed E-state index contributed by atoms with van der Waals surface area (Å²) in [5, 5.41) is 8.86. The van der Waals surface area contributed by atoms with E-state index in [0.29, 0.717) is 24.6 Å². The number of nitriles is 1. The number of sulfonamides is 1. The molecule has 1 saturated heterocycles. The Morgan fingerprint density at radius 2 is 1.63 bits per heavy atom. The highest BCUT2D eigenvalue weighted by molar-refractivity contribution is 7.89. The predicted octanol–water partition coefficient (Wildman–Crippen LogP) is 1.77. The fourth-order valence-corrected chi connectivity index (χ4v) is 4.82. The molecule has 2 aromatic rings. The van der Waals surface area contributed by atoms with Crippen LogP contribution in [-0.4, -0.2) is 38.9 Å². The van der Waals surface area contributed by atoms with Crippen LogP contribution in [0.5, 0.6) is 0 Å². The molecule has 0 saturated carbocycles. The lowest BCUT2D eigenvalue weighted by Crippen LogP contribution is -3.13. The van der Waals surface area contributed by atoms with E-state index in [1.54, 1.807) is 16.4 Å². The number of nitrogens with one attached hydrogen (secondary N) is 1. The molecule has 1 heterocycles. The zero-order valence-electron chi connectivity index (χ0n) is 15.9. The molecule has 0 bridgehead atoms. The Hall–Kier alpha value is -2.20. The van der Waals surface area contributed by atoms with Gasteiger partial charge in [-0.2, -0.15) is 9.57 Å². The average molecular weight is 385 g/mol. The van der Waals surface area contributed by atoms with Crippen LogP contribution in [0.3, 0.4) is 0 Å². The first-order chi connectivity index (χ1) is 12.9. The minimum atomic E-state index is -3.49. The molecule has 1 N–H and O–H groups in total. The minimum Gasteiger partial charge on any atom is -0.329 e. The number of piperazine rings is 1. The monoisotopic (exact) mass is 384 g/mol. The van der Waals surface area contributed by atoms with Gasteiger partial charge in [0.1, 0.15) is 6.54 Å². The van der Waals surface area contributed by atoms with Gasteiger partial charge < -0.3 is 4.90 Å². The van der Waals surface area contributed by atoms with Gasteiger partial charge >= 0.3 is 0 Å². The van der Waals surface area contributed by atoms with E-state index in [-0.39, 0.29) is 4.90 Å². The van der Waals surface area contributed by atoms with Gasteiger partial charge in [-0.05, 0) is 35.7 Å². The standard InChI is InChI=1S/C21H25N3O2S/c1-17(2)20-7-3-19(4-8-20)16-23-11-13-24(14-12-23)27(25,26)21-9-5-18(15-22)6-10-21/h3-10,17H,11-14,16H2,1-2H3/p+1. The summed E-state index contributed by atoms with van der Waals surface area (Å²) < 4.78 is 27.1. The molecule has 1 aliphatic heterocycles. The van der Waals surface area contributed by atoms with Gasteiger partial charge in [0, 0.05) is 5.56 Å². The van der Waals surface area contributed by atoms with Crippen LogP contribution in [0.2, 0.25) is 0 Å². The highest BCUT2D eigenvalue weighted by atomic mass is 32.2. The van der Waals surface area contributed by atoms with Crippen molar-refractivity contribution in [3.63, 3.8) is 0 Å². The first-order valence-corrected chi connectivity index (χ1v) is 10.8. The number of benzene rings is 2. The van der Waals surface area contributed by atoms with Crippen LogP contribution < -0.4 is 4.90 Å². The van der Waals surface area contributed by atoms with Crippen molar-refractivity contribution in [1.82, 2.24) is 4.31 Å². The van der Waals surface area contributed by atoms with Crippen LogP contribution in [0.15, 0.2) is 53.4 Å². The quantitative estimate of drug-likeness (QED) is 0.854. The van der Waals surface area contributed by atoms with Crippen LogP contribution in [-0.2, 0) is 16.6 Å². The van der Waals surface area contributed by atoms with Crippen molar-refractivity contribution < 1.29 is 13.3 Å². The second-order valence-corrected chi connectivity index (χ2v) is 9.30. The van der Waals surface area contributed by atoms with Crippen molar-refractivity contribution >= 4 is 10.0 Å². The predicted molar refractivity (Wildman–Crippen MR) is 105 cm³/mol. The zero-order valence-corrected chi connectivity index (χ0v) is 16.7. The van der Waals surface area contributed by atoms with Gasteiger partial charge in [-0.15, -0.1) is 0 Å². The highest BCUT2D eigenvalue weighted by Crippen LogP contribution is 2.17. The highest BCUT2D eigenvalue weighted by Gasteiger charge is 2.30. The van der Waals surface area contributed by atoms with Crippen molar-refractivity contribution in [1.29, 1.82) is 5.26 Å². The van der Waals surface area contributed by atoms with Crippen LogP contribution in [0.1, 0.15) is 36.5 Å². The normalized spacial score (nSPS) is 16.4. The summed E-state index contributed by atoms with van der Waals surface area (Å²) in [7, 11) is -3.49. The number of nitrogens with zero attached hydrogens (tertiary/aromatic N) is 2. The fraction of sp³-hybridized carbons (Fsp3) is 0.381. The Morgan fingerprint density at radius 3 is 2.15 bits per heavy atom. The molecule has 0 amide bonds. The number of hydrogen-bond acceptors (Lipinski definition) is 3. The maximum atomic E-state index is 12.8. The Morgan fingerprint density at radius 1 is 1.04 bits per heavy atom. The number of hydrogen-bond donors (Lipinski definition) is 1. The largest absolute Gasteiger partial charge is 0.329 e. The number of quaternary nitrogens is 1. The van der Waals surface area contributed by atoms with Gasteiger partial charge in [0.15, 0.2) is 0 Å². The average Bonchev–Trinajstić information content (AvgIpc) is 2.69. The fourth-order valence-electron chi connectivity index (χ4n) is 3.38. The van der Waals surface area contributed by atoms with Gasteiger partial charge in [-0.25, -0.2) is 8.42 Å². The summed E-state index contributed by atoms with van der Waals surface area (Å²) in [4.78, 5) is 1.66. The van der Waals surface area contributed by atoms with Gasteiger partial charge in [0.05, 0.1) is 42.7 Å². The van der Waals surface area contributed by atoms with Gasteiger partial charge in [-0.3, -0.25) is 0 Å². The topological polar surface area (TPSA) is 65.6 Å². The molecule has 3 rings (SSSR count). The van der Waals surface area contributed by atoms with Crippen LogP contribution in [0.25, 0.3) is 0 Å². The van der Waals surface area contributed by atoms with E-state index in [1.807, 2.05) is 6.07 Å². The second-order valence-electron chi connectivity index (χ2n) is 7.36. The first-order valence-electron chi connectivity index (χ1n) is 9.33. The Kier molecular flexibility index (Phi) is 5.95. The van der Waals surface area contributed by atoms with E-state index in [2.05, 4.69) is 38.1 Å². The first kappa shape index (κ1) is 19.6. The lowest BCUT2D eigenvalue weighted by atomic mass is 10.0. The lowest BCUT2D eigenvalue weighted by molar-refractivity contribution is -0.917. The molecular weight excluding hydrogens is 358 g/mol. The van der Waals surface area contributed by atoms with Crippen LogP contribution in [0, 0.1) is 11.3 Å². The third kappa shape index (κ3) is 4.56. The maximum absolute atomic E-state index is 12.8. The molecule has 142 valence electrons.